The summed E-state index contributed by atoms with van der Waals surface area (Å²) < 4.78 is 10.5. The molecule has 0 radical (unpaired) electrons. The number of nitrogens with zero attached hydrogens (tertiary/aromatic N) is 1. The van der Waals surface area contributed by atoms with Gasteiger partial charge in [-0.15, -0.1) is 0 Å². The van der Waals surface area contributed by atoms with Gasteiger partial charge in [0.05, 0.1) is 19.5 Å². The predicted octanol–water partition coefficient (Wildman–Crippen LogP) is -0.405. The van der Waals surface area contributed by atoms with E-state index in [2.05, 4.69) is 5.32 Å². The van der Waals surface area contributed by atoms with Crippen molar-refractivity contribution in [3.05, 3.63) is 29.8 Å². The highest BCUT2D eigenvalue weighted by atomic mass is 33.1. The van der Waals surface area contributed by atoms with Crippen LogP contribution in [0.5, 0.6) is 17.2 Å². The van der Waals surface area contributed by atoms with E-state index >= 15 is 0 Å². The number of aromatic hydroxyl groups is 1. The zero-order chi connectivity index (χ0) is 23.7. The molecule has 178 valence electrons. The first-order valence-corrected chi connectivity index (χ1v) is 12.3. The number of hydrogen-bond acceptors (Lipinski definition) is 11. The molecule has 2 amide bonds. The molecule has 6 rings (SSSR count). The lowest BCUT2D eigenvalue weighted by atomic mass is 9.76. The number of methoxy groups -OCH3 is 2. The number of rotatable bonds is 3. The van der Waals surface area contributed by atoms with Crippen LogP contribution in [0, 0.1) is 0 Å². The van der Waals surface area contributed by atoms with E-state index in [4.69, 9.17) is 14.3 Å². The average molecular weight is 499 g/mol. The molecule has 4 aliphatic heterocycles. The molecule has 4 saturated heterocycles. The number of nitrogens with one attached hydrogen (secondary N) is 1. The Bertz CT molecular complexity index is 1050. The van der Waals surface area contributed by atoms with E-state index in [9.17, 15) is 30.0 Å². The van der Waals surface area contributed by atoms with Crippen molar-refractivity contribution in [3.63, 3.8) is 0 Å². The van der Waals surface area contributed by atoms with Crippen LogP contribution in [0.1, 0.15) is 17.2 Å². The minimum Gasteiger partial charge on any atom is -0.504 e. The molecule has 5 aliphatic rings. The number of ether oxygens (including phenoxy) is 2. The fraction of sp³-hybridized carbons (Fsp3) is 0.500. The zero-order valence-corrected chi connectivity index (χ0v) is 19.1. The van der Waals surface area contributed by atoms with Crippen molar-refractivity contribution in [1.29, 1.82) is 0 Å². The number of carbonyl (C=O) groups is 2. The van der Waals surface area contributed by atoms with Crippen LogP contribution in [-0.2, 0) is 14.4 Å². The number of amides is 2. The normalized spacial score (nSPS) is 39.4. The van der Waals surface area contributed by atoms with Gasteiger partial charge in [-0.25, -0.2) is 0 Å². The molecule has 4 fully saturated rings. The predicted molar refractivity (Wildman–Crippen MR) is 116 cm³/mol. The molecule has 33 heavy (non-hydrogen) atoms. The number of hydroxylamine groups is 2. The summed E-state index contributed by atoms with van der Waals surface area (Å²) in [5, 5.41) is 45.7. The Morgan fingerprint density at radius 2 is 1.97 bits per heavy atom. The molecule has 4 heterocycles. The average Bonchev–Trinajstić information content (AvgIpc) is 2.99. The molecule has 13 heteroatoms. The van der Waals surface area contributed by atoms with Gasteiger partial charge < -0.3 is 35.2 Å². The number of aliphatic hydroxyl groups is 3. The Balaban J connectivity index is 1.58. The second-order valence-corrected chi connectivity index (χ2v) is 10.8. The second-order valence-electron chi connectivity index (χ2n) is 8.22. The fourth-order valence-electron chi connectivity index (χ4n) is 4.69. The third-order valence-corrected chi connectivity index (χ3v) is 9.77. The van der Waals surface area contributed by atoms with E-state index in [-0.39, 0.29) is 17.9 Å². The van der Waals surface area contributed by atoms with Crippen LogP contribution in [0.3, 0.4) is 0 Å². The number of carbonyl (C=O) groups excluding carboxylic acids is 2. The highest BCUT2D eigenvalue weighted by Gasteiger charge is 2.69. The number of phenolic OH excluding ortho intramolecular Hbond substituents is 1. The summed E-state index contributed by atoms with van der Waals surface area (Å²) in [7, 11) is 4.93. The topological polar surface area (TPSA) is 158 Å². The van der Waals surface area contributed by atoms with Gasteiger partial charge in [-0.05, 0) is 6.07 Å². The molecule has 7 atom stereocenters. The number of fused-ring (bicyclic) bond motifs is 4. The van der Waals surface area contributed by atoms with Gasteiger partial charge in [-0.2, -0.15) is 5.06 Å². The number of benzene rings is 1. The quantitative estimate of drug-likeness (QED) is 0.273. The summed E-state index contributed by atoms with van der Waals surface area (Å²) >= 11 is 0. The summed E-state index contributed by atoms with van der Waals surface area (Å²) in [5.74, 6) is -1.05. The molecular weight excluding hydrogens is 476 g/mol. The maximum Gasteiger partial charge on any atom is 0.272 e. The Hall–Kier alpha value is -2.16. The Labute approximate surface area is 196 Å². The second kappa shape index (κ2) is 7.68. The van der Waals surface area contributed by atoms with E-state index in [1.54, 1.807) is 12.1 Å². The van der Waals surface area contributed by atoms with E-state index in [1.807, 2.05) is 0 Å². The zero-order valence-electron chi connectivity index (χ0n) is 17.5. The van der Waals surface area contributed by atoms with Gasteiger partial charge >= 0.3 is 0 Å². The van der Waals surface area contributed by atoms with Gasteiger partial charge in [0.2, 0.25) is 10.6 Å². The van der Waals surface area contributed by atoms with Crippen LogP contribution in [0.25, 0.3) is 0 Å². The Morgan fingerprint density at radius 1 is 1.21 bits per heavy atom. The third kappa shape index (κ3) is 3.00. The minimum absolute atomic E-state index is 0.0861. The van der Waals surface area contributed by atoms with Gasteiger partial charge in [0.1, 0.15) is 30.0 Å². The third-order valence-electron chi connectivity index (χ3n) is 6.43. The summed E-state index contributed by atoms with van der Waals surface area (Å²) in [6.07, 6.45) is -1.92. The molecule has 11 nitrogen and oxygen atoms in total. The van der Waals surface area contributed by atoms with Gasteiger partial charge in [0, 0.05) is 12.0 Å². The maximum atomic E-state index is 13.5. The molecule has 1 aliphatic carbocycles. The van der Waals surface area contributed by atoms with E-state index in [1.165, 1.54) is 26.4 Å². The lowest BCUT2D eigenvalue weighted by molar-refractivity contribution is -0.326. The van der Waals surface area contributed by atoms with Crippen molar-refractivity contribution in [2.75, 3.05) is 14.2 Å². The summed E-state index contributed by atoms with van der Waals surface area (Å²) in [6.45, 7) is 0. The highest BCUT2D eigenvalue weighted by molar-refractivity contribution is 8.77. The standard InChI is InChI=1S/C20H22N2O9S2/c1-29-10-5-3-8(13(25)14(10)30-2)15-12-17(26)22-20(33-32-15,18(27)21-12)7-19(28)11(24)6-4-9(23)16(19)31-22/h3-6,9,11-12,15-16,23-25,28H,7H2,1-2H3,(H,21,27)/t9-,11-,12-,15-,16+,19+,20+/m1/s1. The molecular formula is C20H22N2O9S2. The van der Waals surface area contributed by atoms with Gasteiger partial charge in [0.15, 0.2) is 11.5 Å². The number of piperazine rings is 1. The largest absolute Gasteiger partial charge is 0.504 e. The molecule has 1 spiro atoms. The van der Waals surface area contributed by atoms with Crippen LogP contribution < -0.4 is 14.8 Å². The molecule has 0 unspecified atom stereocenters. The van der Waals surface area contributed by atoms with E-state index in [0.717, 1.165) is 26.7 Å². The van der Waals surface area contributed by atoms with Crippen molar-refractivity contribution in [2.45, 2.75) is 46.5 Å². The van der Waals surface area contributed by atoms with Gasteiger partial charge in [-0.3, -0.25) is 14.4 Å². The minimum atomic E-state index is -2.01. The van der Waals surface area contributed by atoms with Crippen LogP contribution in [0.4, 0.5) is 0 Å². The van der Waals surface area contributed by atoms with Crippen molar-refractivity contribution in [1.82, 2.24) is 10.4 Å². The van der Waals surface area contributed by atoms with Crippen molar-refractivity contribution < 1.29 is 44.3 Å². The molecule has 0 saturated carbocycles. The first kappa shape index (κ1) is 22.6. The van der Waals surface area contributed by atoms with Crippen LogP contribution in [0.15, 0.2) is 24.3 Å². The van der Waals surface area contributed by atoms with Crippen molar-refractivity contribution >= 4 is 33.4 Å². The number of aliphatic hydroxyl groups excluding tert-OH is 2. The van der Waals surface area contributed by atoms with Crippen LogP contribution >= 0.6 is 21.6 Å². The molecule has 1 aromatic carbocycles. The fourth-order valence-corrected chi connectivity index (χ4v) is 8.21. The summed E-state index contributed by atoms with van der Waals surface area (Å²) in [6, 6.07) is 2.05. The number of hydrogen-bond donors (Lipinski definition) is 5. The molecule has 5 N–H and O–H groups in total. The van der Waals surface area contributed by atoms with Crippen molar-refractivity contribution in [3.8, 4) is 17.2 Å². The Morgan fingerprint density at radius 3 is 2.67 bits per heavy atom. The summed E-state index contributed by atoms with van der Waals surface area (Å²) in [4.78, 5) is 30.8. The number of phenols is 1. The monoisotopic (exact) mass is 498 g/mol. The maximum absolute atomic E-state index is 13.5. The van der Waals surface area contributed by atoms with E-state index in [0.29, 0.717) is 11.3 Å². The van der Waals surface area contributed by atoms with Gasteiger partial charge in [0.25, 0.3) is 11.8 Å². The van der Waals surface area contributed by atoms with Crippen LogP contribution in [0.2, 0.25) is 0 Å². The first-order chi connectivity index (χ1) is 15.7. The van der Waals surface area contributed by atoms with E-state index < -0.39 is 51.9 Å². The van der Waals surface area contributed by atoms with Crippen molar-refractivity contribution in [2.24, 2.45) is 0 Å². The molecule has 2 bridgehead atoms. The molecule has 1 aromatic rings. The lowest BCUT2D eigenvalue weighted by Crippen LogP contribution is -2.77. The first-order valence-electron chi connectivity index (χ1n) is 10.0. The molecule has 0 aromatic heterocycles. The highest BCUT2D eigenvalue weighted by Crippen LogP contribution is 2.61. The van der Waals surface area contributed by atoms with Crippen LogP contribution in [-0.4, -0.2) is 86.3 Å². The lowest BCUT2D eigenvalue weighted by Gasteiger charge is -2.56. The Kier molecular flexibility index (Phi) is 5.27. The SMILES string of the molecule is COc1ccc([C@H]2SS[C@]34C[C@]5(O)[C@H](O)C=C[C@@H](O)[C@@H]5ON3C(=O)[C@@H]2NC4=O)c(O)c1OC. The van der Waals surface area contributed by atoms with Gasteiger partial charge in [-0.1, -0.05) is 39.8 Å². The summed E-state index contributed by atoms with van der Waals surface area (Å²) in [5.41, 5.74) is -1.67. The smallest absolute Gasteiger partial charge is 0.272 e.